The van der Waals surface area contributed by atoms with Gasteiger partial charge in [0.05, 0.1) is 12.6 Å². The lowest BCUT2D eigenvalue weighted by atomic mass is 10.0. The summed E-state index contributed by atoms with van der Waals surface area (Å²) in [6.45, 7) is 2.97. The molecule has 0 saturated heterocycles. The Hall–Kier alpha value is -1.84. The summed E-state index contributed by atoms with van der Waals surface area (Å²) in [6, 6.07) is 19.7. The molecule has 0 aliphatic heterocycles. The zero-order valence-corrected chi connectivity index (χ0v) is 12.4. The molecular weight excluding hydrogens is 262 g/mol. The fourth-order valence-corrected chi connectivity index (χ4v) is 2.31. The number of nitrogens with one attached hydrogen (secondary N) is 1. The van der Waals surface area contributed by atoms with Crippen molar-refractivity contribution in [3.8, 4) is 5.75 Å². The number of aliphatic hydroxyl groups excluding tert-OH is 1. The number of para-hydroxylation sites is 1. The van der Waals surface area contributed by atoms with Gasteiger partial charge >= 0.3 is 0 Å². The van der Waals surface area contributed by atoms with Crippen molar-refractivity contribution >= 4 is 0 Å². The van der Waals surface area contributed by atoms with Crippen molar-refractivity contribution in [2.24, 2.45) is 0 Å². The molecule has 0 amide bonds. The van der Waals surface area contributed by atoms with E-state index in [1.807, 2.05) is 48.5 Å². The molecule has 0 unspecified atom stereocenters. The monoisotopic (exact) mass is 285 g/mol. The van der Waals surface area contributed by atoms with Crippen LogP contribution in [-0.2, 0) is 0 Å². The van der Waals surface area contributed by atoms with E-state index >= 15 is 0 Å². The van der Waals surface area contributed by atoms with Gasteiger partial charge in [-0.05, 0) is 30.7 Å². The van der Waals surface area contributed by atoms with Crippen molar-refractivity contribution < 1.29 is 9.84 Å². The second-order valence-corrected chi connectivity index (χ2v) is 4.99. The summed E-state index contributed by atoms with van der Waals surface area (Å²) in [6.07, 6.45) is 0.716. The lowest BCUT2D eigenvalue weighted by molar-refractivity contribution is 0.0825. The van der Waals surface area contributed by atoms with Gasteiger partial charge in [0.1, 0.15) is 11.9 Å². The van der Waals surface area contributed by atoms with Gasteiger partial charge in [0.15, 0.2) is 0 Å². The van der Waals surface area contributed by atoms with Crippen LogP contribution in [-0.4, -0.2) is 24.4 Å². The number of benzene rings is 2. The average Bonchev–Trinajstić information content (AvgIpc) is 2.56. The van der Waals surface area contributed by atoms with Crippen LogP contribution in [0.2, 0.25) is 0 Å². The normalized spacial score (nSPS) is 13.6. The molecule has 2 aromatic carbocycles. The molecule has 0 bridgehead atoms. The van der Waals surface area contributed by atoms with E-state index in [0.29, 0.717) is 0 Å². The van der Waals surface area contributed by atoms with Gasteiger partial charge in [-0.1, -0.05) is 55.5 Å². The smallest absolute Gasteiger partial charge is 0.141 e. The van der Waals surface area contributed by atoms with E-state index in [2.05, 4.69) is 24.4 Å². The van der Waals surface area contributed by atoms with Crippen LogP contribution in [0.1, 0.15) is 24.9 Å². The highest BCUT2D eigenvalue weighted by atomic mass is 16.5. The molecule has 0 spiro atoms. The topological polar surface area (TPSA) is 41.5 Å². The van der Waals surface area contributed by atoms with Crippen LogP contribution >= 0.6 is 0 Å². The quantitative estimate of drug-likeness (QED) is 0.783. The number of rotatable bonds is 8. The Bertz CT molecular complexity index is 501. The third kappa shape index (κ3) is 4.59. The minimum Gasteiger partial charge on any atom is -0.486 e. The fourth-order valence-electron chi connectivity index (χ4n) is 2.31. The van der Waals surface area contributed by atoms with Gasteiger partial charge in [0.2, 0.25) is 0 Å². The molecule has 0 saturated carbocycles. The first-order valence-electron chi connectivity index (χ1n) is 7.46. The van der Waals surface area contributed by atoms with Gasteiger partial charge in [0.25, 0.3) is 0 Å². The van der Waals surface area contributed by atoms with E-state index in [4.69, 9.17) is 4.74 Å². The molecule has 0 aromatic heterocycles. The first-order chi connectivity index (χ1) is 10.3. The van der Waals surface area contributed by atoms with E-state index in [1.165, 1.54) is 0 Å². The molecule has 3 nitrogen and oxygen atoms in total. The number of ether oxygens (including phenoxy) is 1. The van der Waals surface area contributed by atoms with Gasteiger partial charge in [-0.15, -0.1) is 0 Å². The van der Waals surface area contributed by atoms with E-state index in [-0.39, 0.29) is 18.8 Å². The lowest BCUT2D eigenvalue weighted by Crippen LogP contribution is -2.38. The zero-order chi connectivity index (χ0) is 14.9. The molecule has 2 aromatic rings. The highest BCUT2D eigenvalue weighted by Gasteiger charge is 2.23. The van der Waals surface area contributed by atoms with E-state index in [9.17, 15) is 5.11 Å². The van der Waals surface area contributed by atoms with Crippen LogP contribution in [0.4, 0.5) is 0 Å². The molecule has 2 atom stereocenters. The molecule has 2 N–H and O–H groups in total. The summed E-state index contributed by atoms with van der Waals surface area (Å²) in [5.74, 6) is 0.774. The predicted molar refractivity (Wildman–Crippen MR) is 85.4 cm³/mol. The average molecular weight is 285 g/mol. The number of aliphatic hydroxyl groups is 1. The minimum absolute atomic E-state index is 0.0312. The SMILES string of the molecule is CCCN[C@H](c1ccccc1)[C@@H](CO)Oc1ccccc1. The third-order valence-electron chi connectivity index (χ3n) is 3.36. The molecular formula is C18H23NO2. The predicted octanol–water partition coefficient (Wildman–Crippen LogP) is 3.17. The standard InChI is InChI=1S/C18H23NO2/c1-2-13-19-18(15-9-5-3-6-10-15)17(14-20)21-16-11-7-4-8-12-16/h3-12,17-20H,2,13-14H2,1H3/t17-,18-/m1/s1. The largest absolute Gasteiger partial charge is 0.486 e. The summed E-state index contributed by atoms with van der Waals surface area (Å²) in [5.41, 5.74) is 1.13. The lowest BCUT2D eigenvalue weighted by Gasteiger charge is -2.28. The van der Waals surface area contributed by atoms with Crippen LogP contribution in [0.5, 0.6) is 5.75 Å². The van der Waals surface area contributed by atoms with E-state index < -0.39 is 0 Å². The molecule has 21 heavy (non-hydrogen) atoms. The molecule has 0 aliphatic rings. The highest BCUT2D eigenvalue weighted by Crippen LogP contribution is 2.22. The van der Waals surface area contributed by atoms with Crippen molar-refractivity contribution in [3.63, 3.8) is 0 Å². The van der Waals surface area contributed by atoms with Crippen molar-refractivity contribution in [1.29, 1.82) is 0 Å². The molecule has 0 heterocycles. The molecule has 0 fully saturated rings. The van der Waals surface area contributed by atoms with Crippen LogP contribution in [0, 0.1) is 0 Å². The van der Waals surface area contributed by atoms with Crippen LogP contribution in [0.15, 0.2) is 60.7 Å². The second kappa shape index (κ2) is 8.45. The van der Waals surface area contributed by atoms with Gasteiger partial charge < -0.3 is 15.2 Å². The molecule has 0 radical (unpaired) electrons. The van der Waals surface area contributed by atoms with Crippen molar-refractivity contribution in [1.82, 2.24) is 5.32 Å². The van der Waals surface area contributed by atoms with Crippen LogP contribution < -0.4 is 10.1 Å². The Morgan fingerprint density at radius 1 is 1.00 bits per heavy atom. The second-order valence-electron chi connectivity index (χ2n) is 4.99. The van der Waals surface area contributed by atoms with E-state index in [1.54, 1.807) is 0 Å². The van der Waals surface area contributed by atoms with Gasteiger partial charge in [0, 0.05) is 0 Å². The summed E-state index contributed by atoms with van der Waals surface area (Å²) in [5, 5.41) is 13.2. The Balaban J connectivity index is 2.16. The Labute approximate surface area is 126 Å². The van der Waals surface area contributed by atoms with Gasteiger partial charge in [-0.3, -0.25) is 0 Å². The van der Waals surface area contributed by atoms with Crippen molar-refractivity contribution in [2.75, 3.05) is 13.2 Å². The van der Waals surface area contributed by atoms with Crippen molar-refractivity contribution in [3.05, 3.63) is 66.2 Å². The first-order valence-corrected chi connectivity index (χ1v) is 7.46. The number of hydrogen-bond donors (Lipinski definition) is 2. The summed E-state index contributed by atoms with van der Waals surface area (Å²) >= 11 is 0. The fraction of sp³-hybridized carbons (Fsp3) is 0.333. The summed E-state index contributed by atoms with van der Waals surface area (Å²) < 4.78 is 5.96. The molecule has 112 valence electrons. The maximum atomic E-state index is 9.75. The third-order valence-corrected chi connectivity index (χ3v) is 3.36. The minimum atomic E-state index is -0.318. The maximum absolute atomic E-state index is 9.75. The zero-order valence-electron chi connectivity index (χ0n) is 12.4. The molecule has 3 heteroatoms. The summed E-state index contributed by atoms with van der Waals surface area (Å²) in [7, 11) is 0. The first kappa shape index (κ1) is 15.5. The maximum Gasteiger partial charge on any atom is 0.141 e. The Morgan fingerprint density at radius 3 is 2.19 bits per heavy atom. The van der Waals surface area contributed by atoms with Crippen molar-refractivity contribution in [2.45, 2.75) is 25.5 Å². The van der Waals surface area contributed by atoms with Crippen LogP contribution in [0.3, 0.4) is 0 Å². The van der Waals surface area contributed by atoms with Gasteiger partial charge in [-0.2, -0.15) is 0 Å². The highest BCUT2D eigenvalue weighted by molar-refractivity contribution is 5.24. The Morgan fingerprint density at radius 2 is 1.62 bits per heavy atom. The Kier molecular flexibility index (Phi) is 6.25. The van der Waals surface area contributed by atoms with Crippen LogP contribution in [0.25, 0.3) is 0 Å². The number of hydrogen-bond acceptors (Lipinski definition) is 3. The van der Waals surface area contributed by atoms with E-state index in [0.717, 1.165) is 24.3 Å². The van der Waals surface area contributed by atoms with Gasteiger partial charge in [-0.25, -0.2) is 0 Å². The summed E-state index contributed by atoms with van der Waals surface area (Å²) in [4.78, 5) is 0. The molecule has 2 rings (SSSR count). The molecule has 0 aliphatic carbocycles.